The van der Waals surface area contributed by atoms with Crippen molar-refractivity contribution in [1.29, 1.82) is 0 Å². The van der Waals surface area contributed by atoms with Crippen molar-refractivity contribution in [3.8, 4) is 0 Å². The van der Waals surface area contributed by atoms with Gasteiger partial charge in [-0.2, -0.15) is 0 Å². The van der Waals surface area contributed by atoms with Crippen molar-refractivity contribution in [3.63, 3.8) is 0 Å². The molecule has 0 aliphatic carbocycles. The summed E-state index contributed by atoms with van der Waals surface area (Å²) in [5, 5.41) is 23.2. The average Bonchev–Trinajstić information content (AvgIpc) is 3.03. The Morgan fingerprint density at radius 3 is 2.43 bits per heavy atom. The lowest BCUT2D eigenvalue weighted by Crippen LogP contribution is -2.54. The van der Waals surface area contributed by atoms with E-state index in [1.807, 2.05) is 24.3 Å². The molecule has 1 aromatic carbocycles. The van der Waals surface area contributed by atoms with E-state index >= 15 is 0 Å². The molecule has 7 N–H and O–H groups in total. The van der Waals surface area contributed by atoms with Crippen molar-refractivity contribution >= 4 is 34.7 Å². The highest BCUT2D eigenvalue weighted by Crippen LogP contribution is 2.18. The van der Waals surface area contributed by atoms with Crippen molar-refractivity contribution in [3.05, 3.63) is 36.0 Å². The number of carbonyl (C=O) groups excluding carboxylic acids is 2. The van der Waals surface area contributed by atoms with Gasteiger partial charge in [0.05, 0.1) is 12.5 Å². The van der Waals surface area contributed by atoms with Gasteiger partial charge in [-0.1, -0.05) is 18.2 Å². The van der Waals surface area contributed by atoms with Crippen LogP contribution in [0.3, 0.4) is 0 Å². The van der Waals surface area contributed by atoms with Crippen LogP contribution in [0.2, 0.25) is 0 Å². The zero-order valence-corrected chi connectivity index (χ0v) is 15.1. The zero-order chi connectivity index (χ0) is 20.8. The largest absolute Gasteiger partial charge is 0.481 e. The predicted molar refractivity (Wildman–Crippen MR) is 99.4 cm³/mol. The molecule has 0 spiro atoms. The van der Waals surface area contributed by atoms with Gasteiger partial charge in [0.25, 0.3) is 0 Å². The van der Waals surface area contributed by atoms with E-state index in [9.17, 15) is 19.2 Å². The predicted octanol–water partition coefficient (Wildman–Crippen LogP) is -0.413. The van der Waals surface area contributed by atoms with Crippen LogP contribution in [-0.2, 0) is 25.6 Å². The fraction of sp³-hybridized carbons (Fsp3) is 0.333. The summed E-state index contributed by atoms with van der Waals surface area (Å²) in [4.78, 5) is 49.5. The van der Waals surface area contributed by atoms with Crippen LogP contribution in [0.1, 0.15) is 18.9 Å². The Morgan fingerprint density at radius 1 is 1.11 bits per heavy atom. The third-order valence-electron chi connectivity index (χ3n) is 4.19. The van der Waals surface area contributed by atoms with E-state index in [0.717, 1.165) is 16.5 Å². The summed E-state index contributed by atoms with van der Waals surface area (Å²) < 4.78 is 0. The molecular formula is C18H22N4O6. The molecule has 0 aliphatic heterocycles. The maximum absolute atomic E-state index is 12.4. The molecule has 0 unspecified atom stereocenters. The van der Waals surface area contributed by atoms with E-state index in [4.69, 9.17) is 15.9 Å². The number of aromatic amines is 1. The van der Waals surface area contributed by atoms with Gasteiger partial charge in [-0.05, 0) is 25.0 Å². The molecule has 0 fully saturated rings. The molecule has 28 heavy (non-hydrogen) atoms. The summed E-state index contributed by atoms with van der Waals surface area (Å²) in [7, 11) is 0. The van der Waals surface area contributed by atoms with Crippen molar-refractivity contribution in [2.75, 3.05) is 0 Å². The average molecular weight is 390 g/mol. The number of fused-ring (bicyclic) bond motifs is 1. The Hall–Kier alpha value is -3.40. The Kier molecular flexibility index (Phi) is 6.72. The van der Waals surface area contributed by atoms with Gasteiger partial charge in [-0.25, -0.2) is 0 Å². The minimum atomic E-state index is -1.44. The Bertz CT molecular complexity index is 893. The molecule has 2 amide bonds. The molecule has 2 aromatic rings. The van der Waals surface area contributed by atoms with E-state index < -0.39 is 48.3 Å². The minimum Gasteiger partial charge on any atom is -0.481 e. The number of nitrogens with two attached hydrogens (primary N) is 1. The third-order valence-corrected chi connectivity index (χ3v) is 4.19. The van der Waals surface area contributed by atoms with Crippen LogP contribution in [0.5, 0.6) is 0 Å². The first-order valence-corrected chi connectivity index (χ1v) is 8.55. The SMILES string of the molecule is C[C@H](NC(=O)[C@H](CC(=O)O)NC(=O)[C@@H](N)Cc1c[nH]c2ccccc12)C(=O)O. The highest BCUT2D eigenvalue weighted by atomic mass is 16.4. The molecule has 1 heterocycles. The lowest BCUT2D eigenvalue weighted by atomic mass is 10.0. The van der Waals surface area contributed by atoms with Crippen molar-refractivity contribution < 1.29 is 29.4 Å². The number of hydrogen-bond acceptors (Lipinski definition) is 5. The van der Waals surface area contributed by atoms with Gasteiger partial charge in [-0.15, -0.1) is 0 Å². The molecular weight excluding hydrogens is 368 g/mol. The normalized spacial score (nSPS) is 14.1. The first-order valence-electron chi connectivity index (χ1n) is 8.55. The standard InChI is InChI=1S/C18H22N4O6/c1-9(18(27)28)21-17(26)14(7-15(23)24)22-16(25)12(19)6-10-8-20-13-5-3-2-4-11(10)13/h2-5,8-9,12,14,20H,6-7,19H2,1H3,(H,21,26)(H,22,25)(H,23,24)(H,27,28)/t9-,12-,14-/m0/s1. The fourth-order valence-corrected chi connectivity index (χ4v) is 2.67. The number of para-hydroxylation sites is 1. The van der Waals surface area contributed by atoms with Gasteiger partial charge in [0.15, 0.2) is 0 Å². The molecule has 10 nitrogen and oxygen atoms in total. The van der Waals surface area contributed by atoms with Crippen LogP contribution in [0.25, 0.3) is 10.9 Å². The number of carboxylic acids is 2. The van der Waals surface area contributed by atoms with Gasteiger partial charge >= 0.3 is 11.9 Å². The van der Waals surface area contributed by atoms with Gasteiger partial charge in [0, 0.05) is 17.1 Å². The highest BCUT2D eigenvalue weighted by molar-refractivity contribution is 5.94. The number of hydrogen-bond donors (Lipinski definition) is 6. The van der Waals surface area contributed by atoms with Crippen molar-refractivity contribution in [2.45, 2.75) is 37.9 Å². The topological polar surface area (TPSA) is 175 Å². The lowest BCUT2D eigenvalue weighted by molar-refractivity contribution is -0.143. The van der Waals surface area contributed by atoms with E-state index in [2.05, 4.69) is 15.6 Å². The number of amides is 2. The number of benzene rings is 1. The number of carbonyl (C=O) groups is 4. The molecule has 1 aromatic heterocycles. The molecule has 3 atom stereocenters. The molecule has 2 rings (SSSR count). The van der Waals surface area contributed by atoms with Crippen molar-refractivity contribution in [2.24, 2.45) is 5.73 Å². The van der Waals surface area contributed by atoms with Gasteiger partial charge < -0.3 is 31.6 Å². The first kappa shape index (κ1) is 20.9. The monoisotopic (exact) mass is 390 g/mol. The second-order valence-corrected chi connectivity index (χ2v) is 6.40. The van der Waals surface area contributed by atoms with Gasteiger partial charge in [0.1, 0.15) is 12.1 Å². The van der Waals surface area contributed by atoms with E-state index in [1.54, 1.807) is 6.20 Å². The van der Waals surface area contributed by atoms with E-state index in [0.29, 0.717) is 0 Å². The smallest absolute Gasteiger partial charge is 0.325 e. The molecule has 10 heteroatoms. The number of aliphatic carboxylic acids is 2. The number of aromatic nitrogens is 1. The maximum atomic E-state index is 12.4. The first-order chi connectivity index (χ1) is 13.2. The fourth-order valence-electron chi connectivity index (χ4n) is 2.67. The third kappa shape index (κ3) is 5.30. The van der Waals surface area contributed by atoms with Crippen LogP contribution in [0, 0.1) is 0 Å². The van der Waals surface area contributed by atoms with Crippen LogP contribution in [0.4, 0.5) is 0 Å². The summed E-state index contributed by atoms with van der Waals surface area (Å²) in [6.07, 6.45) is 1.19. The lowest BCUT2D eigenvalue weighted by Gasteiger charge is -2.20. The molecule has 0 bridgehead atoms. The van der Waals surface area contributed by atoms with Crippen molar-refractivity contribution in [1.82, 2.24) is 15.6 Å². The zero-order valence-electron chi connectivity index (χ0n) is 15.1. The highest BCUT2D eigenvalue weighted by Gasteiger charge is 2.28. The van der Waals surface area contributed by atoms with Gasteiger partial charge in [0.2, 0.25) is 11.8 Å². The minimum absolute atomic E-state index is 0.169. The number of nitrogens with one attached hydrogen (secondary N) is 3. The Morgan fingerprint density at radius 2 is 1.79 bits per heavy atom. The Balaban J connectivity index is 2.05. The van der Waals surface area contributed by atoms with Crippen LogP contribution < -0.4 is 16.4 Å². The quantitative estimate of drug-likeness (QED) is 0.337. The van der Waals surface area contributed by atoms with E-state index in [-0.39, 0.29) is 6.42 Å². The molecule has 150 valence electrons. The summed E-state index contributed by atoms with van der Waals surface area (Å²) in [5.74, 6) is -4.24. The number of carboxylic acid groups (broad SMARTS) is 2. The second kappa shape index (κ2) is 9.00. The molecule has 0 aliphatic rings. The van der Waals surface area contributed by atoms with Crippen LogP contribution in [0.15, 0.2) is 30.5 Å². The van der Waals surface area contributed by atoms with Gasteiger partial charge in [-0.3, -0.25) is 19.2 Å². The van der Waals surface area contributed by atoms with Crippen LogP contribution >= 0.6 is 0 Å². The number of H-pyrrole nitrogens is 1. The maximum Gasteiger partial charge on any atom is 0.325 e. The molecule has 0 saturated carbocycles. The summed E-state index contributed by atoms with van der Waals surface area (Å²) in [6.45, 7) is 1.22. The molecule has 0 saturated heterocycles. The molecule has 0 radical (unpaired) electrons. The van der Waals surface area contributed by atoms with Crippen LogP contribution in [-0.4, -0.2) is 57.1 Å². The Labute approximate surface area is 160 Å². The second-order valence-electron chi connectivity index (χ2n) is 6.40. The number of rotatable bonds is 9. The van der Waals surface area contributed by atoms with E-state index in [1.165, 1.54) is 6.92 Å². The summed E-state index contributed by atoms with van der Waals surface area (Å²) in [5.41, 5.74) is 7.62. The summed E-state index contributed by atoms with van der Waals surface area (Å²) in [6, 6.07) is 3.76. The summed E-state index contributed by atoms with van der Waals surface area (Å²) >= 11 is 0.